The summed E-state index contributed by atoms with van der Waals surface area (Å²) in [6.45, 7) is 3.83. The largest absolute Gasteiger partial charge is 0.483 e. The molecular formula is C17H15ClN2O2. The lowest BCUT2D eigenvalue weighted by Crippen LogP contribution is -2.20. The summed E-state index contributed by atoms with van der Waals surface area (Å²) in [7, 11) is 0. The van der Waals surface area contributed by atoms with Gasteiger partial charge in [0.25, 0.3) is 5.91 Å². The van der Waals surface area contributed by atoms with Crippen LogP contribution in [-0.4, -0.2) is 12.5 Å². The molecule has 2 aromatic rings. The molecule has 0 atom stereocenters. The molecule has 1 N–H and O–H groups in total. The number of anilines is 1. The Morgan fingerprint density at radius 1 is 1.32 bits per heavy atom. The van der Waals surface area contributed by atoms with Gasteiger partial charge in [0, 0.05) is 5.69 Å². The first-order chi connectivity index (χ1) is 10.5. The van der Waals surface area contributed by atoms with Crippen LogP contribution in [0.15, 0.2) is 36.4 Å². The Morgan fingerprint density at radius 2 is 2.09 bits per heavy atom. The summed E-state index contributed by atoms with van der Waals surface area (Å²) in [4.78, 5) is 11.9. The van der Waals surface area contributed by atoms with Crippen molar-refractivity contribution in [3.8, 4) is 11.8 Å². The Bertz CT molecular complexity index is 751. The maximum atomic E-state index is 11.9. The van der Waals surface area contributed by atoms with Crippen LogP contribution in [0, 0.1) is 25.2 Å². The van der Waals surface area contributed by atoms with Gasteiger partial charge in [-0.2, -0.15) is 5.26 Å². The van der Waals surface area contributed by atoms with Gasteiger partial charge in [-0.1, -0.05) is 23.7 Å². The second-order valence-electron chi connectivity index (χ2n) is 4.84. The van der Waals surface area contributed by atoms with E-state index in [9.17, 15) is 4.79 Å². The van der Waals surface area contributed by atoms with Crippen LogP contribution in [-0.2, 0) is 4.79 Å². The summed E-state index contributed by atoms with van der Waals surface area (Å²) in [6, 6.07) is 12.4. The quantitative estimate of drug-likeness (QED) is 0.932. The molecule has 0 fully saturated rings. The standard InChI is InChI=1S/C17H15ClN2O2/c1-11-4-3-5-16(12(11)2)22-10-17(21)20-14-6-7-15(18)13(8-14)9-19/h3-8H,10H2,1-2H3,(H,20,21). The monoisotopic (exact) mass is 314 g/mol. The summed E-state index contributed by atoms with van der Waals surface area (Å²) < 4.78 is 5.53. The number of ether oxygens (including phenoxy) is 1. The van der Waals surface area contributed by atoms with Crippen LogP contribution in [0.2, 0.25) is 5.02 Å². The van der Waals surface area contributed by atoms with E-state index < -0.39 is 0 Å². The fraction of sp³-hybridized carbons (Fsp3) is 0.176. The van der Waals surface area contributed by atoms with Gasteiger partial charge in [0.05, 0.1) is 10.6 Å². The van der Waals surface area contributed by atoms with Crippen LogP contribution in [0.1, 0.15) is 16.7 Å². The molecule has 5 heteroatoms. The molecule has 2 rings (SSSR count). The lowest BCUT2D eigenvalue weighted by Gasteiger charge is -2.11. The van der Waals surface area contributed by atoms with Crippen molar-refractivity contribution in [3.05, 3.63) is 58.1 Å². The second kappa shape index (κ2) is 6.97. The topological polar surface area (TPSA) is 62.1 Å². The zero-order valence-corrected chi connectivity index (χ0v) is 13.1. The van der Waals surface area contributed by atoms with Crippen LogP contribution in [0.5, 0.6) is 5.75 Å². The van der Waals surface area contributed by atoms with E-state index in [1.807, 2.05) is 38.1 Å². The van der Waals surface area contributed by atoms with E-state index in [-0.39, 0.29) is 12.5 Å². The Labute approximate surface area is 134 Å². The predicted molar refractivity (Wildman–Crippen MR) is 86.2 cm³/mol. The van der Waals surface area contributed by atoms with Crippen LogP contribution in [0.25, 0.3) is 0 Å². The number of halogens is 1. The number of carbonyl (C=O) groups excluding carboxylic acids is 1. The predicted octanol–water partition coefficient (Wildman–Crippen LogP) is 3.85. The first kappa shape index (κ1) is 15.9. The molecule has 0 saturated heterocycles. The molecule has 1 amide bonds. The normalized spacial score (nSPS) is 9.91. The van der Waals surface area contributed by atoms with Gasteiger partial charge >= 0.3 is 0 Å². The molecule has 2 aromatic carbocycles. The third kappa shape index (κ3) is 3.78. The minimum atomic E-state index is -0.299. The number of nitrogens with one attached hydrogen (secondary N) is 1. The minimum absolute atomic E-state index is 0.102. The van der Waals surface area contributed by atoms with Gasteiger partial charge in [0.2, 0.25) is 0 Å². The third-order valence-corrected chi connectivity index (χ3v) is 3.61. The van der Waals surface area contributed by atoms with Gasteiger partial charge < -0.3 is 10.1 Å². The van der Waals surface area contributed by atoms with Gasteiger partial charge in [0.1, 0.15) is 11.8 Å². The first-order valence-corrected chi connectivity index (χ1v) is 7.07. The lowest BCUT2D eigenvalue weighted by molar-refractivity contribution is -0.118. The molecule has 0 aliphatic heterocycles. The molecule has 0 aliphatic rings. The minimum Gasteiger partial charge on any atom is -0.483 e. The van der Waals surface area contributed by atoms with Gasteiger partial charge in [-0.3, -0.25) is 4.79 Å². The maximum absolute atomic E-state index is 11.9. The number of aryl methyl sites for hydroxylation is 1. The molecule has 0 aromatic heterocycles. The summed E-state index contributed by atoms with van der Waals surface area (Å²) >= 11 is 5.85. The van der Waals surface area contributed by atoms with Crippen molar-refractivity contribution >= 4 is 23.2 Å². The first-order valence-electron chi connectivity index (χ1n) is 6.70. The van der Waals surface area contributed by atoms with Crippen molar-refractivity contribution in [3.63, 3.8) is 0 Å². The highest BCUT2D eigenvalue weighted by Gasteiger charge is 2.08. The molecule has 0 bridgehead atoms. The van der Waals surface area contributed by atoms with Crippen molar-refractivity contribution in [1.29, 1.82) is 5.26 Å². The number of benzene rings is 2. The smallest absolute Gasteiger partial charge is 0.262 e. The molecule has 0 saturated carbocycles. The highest BCUT2D eigenvalue weighted by Crippen LogP contribution is 2.21. The number of hydrogen-bond acceptors (Lipinski definition) is 3. The van der Waals surface area contributed by atoms with Gasteiger partial charge in [-0.05, 0) is 49.2 Å². The summed E-state index contributed by atoms with van der Waals surface area (Å²) in [5.41, 5.74) is 2.94. The van der Waals surface area contributed by atoms with Crippen molar-refractivity contribution in [1.82, 2.24) is 0 Å². The zero-order valence-electron chi connectivity index (χ0n) is 12.3. The number of hydrogen-bond donors (Lipinski definition) is 1. The molecule has 112 valence electrons. The van der Waals surface area contributed by atoms with E-state index in [0.29, 0.717) is 22.0 Å². The van der Waals surface area contributed by atoms with Crippen molar-refractivity contribution in [2.45, 2.75) is 13.8 Å². The van der Waals surface area contributed by atoms with E-state index in [0.717, 1.165) is 11.1 Å². The molecule has 0 unspecified atom stereocenters. The third-order valence-electron chi connectivity index (χ3n) is 3.28. The highest BCUT2D eigenvalue weighted by atomic mass is 35.5. The van der Waals surface area contributed by atoms with Crippen LogP contribution in [0.3, 0.4) is 0 Å². The second-order valence-corrected chi connectivity index (χ2v) is 5.25. The van der Waals surface area contributed by atoms with Crippen LogP contribution >= 0.6 is 11.6 Å². The molecule has 0 heterocycles. The Morgan fingerprint density at radius 3 is 2.82 bits per heavy atom. The fourth-order valence-electron chi connectivity index (χ4n) is 1.91. The summed E-state index contributed by atoms with van der Waals surface area (Å²) in [6.07, 6.45) is 0. The number of nitrogens with zero attached hydrogens (tertiary/aromatic N) is 1. The Balaban J connectivity index is 1.99. The molecule has 0 radical (unpaired) electrons. The van der Waals surface area contributed by atoms with Crippen LogP contribution < -0.4 is 10.1 Å². The van der Waals surface area contributed by atoms with Crippen molar-refractivity contribution < 1.29 is 9.53 Å². The van der Waals surface area contributed by atoms with Crippen molar-refractivity contribution in [2.24, 2.45) is 0 Å². The number of amides is 1. The SMILES string of the molecule is Cc1cccc(OCC(=O)Nc2ccc(Cl)c(C#N)c2)c1C. The molecule has 22 heavy (non-hydrogen) atoms. The highest BCUT2D eigenvalue weighted by molar-refractivity contribution is 6.31. The molecule has 0 spiro atoms. The molecular weight excluding hydrogens is 300 g/mol. The Kier molecular flexibility index (Phi) is 5.03. The number of rotatable bonds is 4. The van der Waals surface area contributed by atoms with Crippen LogP contribution in [0.4, 0.5) is 5.69 Å². The average Bonchev–Trinajstić information content (AvgIpc) is 2.50. The maximum Gasteiger partial charge on any atom is 0.262 e. The summed E-state index contributed by atoms with van der Waals surface area (Å²) in [5.74, 6) is 0.385. The van der Waals surface area contributed by atoms with E-state index in [2.05, 4.69) is 5.32 Å². The van der Waals surface area contributed by atoms with Crippen molar-refractivity contribution in [2.75, 3.05) is 11.9 Å². The average molecular weight is 315 g/mol. The summed E-state index contributed by atoms with van der Waals surface area (Å²) in [5, 5.41) is 11.9. The van der Waals surface area contributed by atoms with Gasteiger partial charge in [-0.15, -0.1) is 0 Å². The van der Waals surface area contributed by atoms with Gasteiger partial charge in [-0.25, -0.2) is 0 Å². The van der Waals surface area contributed by atoms with E-state index >= 15 is 0 Å². The number of carbonyl (C=O) groups is 1. The number of nitriles is 1. The van der Waals surface area contributed by atoms with E-state index in [4.69, 9.17) is 21.6 Å². The molecule has 0 aliphatic carbocycles. The van der Waals surface area contributed by atoms with E-state index in [1.165, 1.54) is 6.07 Å². The lowest BCUT2D eigenvalue weighted by atomic mass is 10.1. The Hall–Kier alpha value is -2.51. The zero-order chi connectivity index (χ0) is 16.1. The van der Waals surface area contributed by atoms with Gasteiger partial charge in [0.15, 0.2) is 6.61 Å². The molecule has 4 nitrogen and oxygen atoms in total. The van der Waals surface area contributed by atoms with E-state index in [1.54, 1.807) is 12.1 Å². The fourth-order valence-corrected chi connectivity index (χ4v) is 2.07.